The number of amides is 2. The fraction of sp³-hybridized carbons (Fsp3) is 0.308. The molecule has 35 heavy (non-hydrogen) atoms. The summed E-state index contributed by atoms with van der Waals surface area (Å²) in [6, 6.07) is 15.9. The summed E-state index contributed by atoms with van der Waals surface area (Å²) in [7, 11) is 0. The molecule has 0 saturated heterocycles. The molecule has 2 aromatic carbocycles. The number of benzene rings is 2. The fourth-order valence-corrected chi connectivity index (χ4v) is 4.30. The summed E-state index contributed by atoms with van der Waals surface area (Å²) >= 11 is 0. The first-order valence-electron chi connectivity index (χ1n) is 11.6. The van der Waals surface area contributed by atoms with Crippen molar-refractivity contribution in [2.45, 2.75) is 38.3 Å². The van der Waals surface area contributed by atoms with Gasteiger partial charge in [-0.15, -0.1) is 0 Å². The van der Waals surface area contributed by atoms with Crippen LogP contribution < -0.4 is 10.6 Å². The summed E-state index contributed by atoms with van der Waals surface area (Å²) in [5.41, 5.74) is 4.84. The normalized spacial score (nSPS) is 12.9. The van der Waals surface area contributed by atoms with Crippen molar-refractivity contribution in [1.29, 1.82) is 0 Å². The topological polar surface area (TPSA) is 123 Å². The lowest BCUT2D eigenvalue weighted by molar-refractivity contribution is -0.137. The second-order valence-electron chi connectivity index (χ2n) is 8.43. The van der Waals surface area contributed by atoms with E-state index < -0.39 is 24.0 Å². The third-order valence-electron chi connectivity index (χ3n) is 6.10. The highest BCUT2D eigenvalue weighted by Gasteiger charge is 2.29. The lowest BCUT2D eigenvalue weighted by Crippen LogP contribution is -2.36. The van der Waals surface area contributed by atoms with Gasteiger partial charge in [0, 0.05) is 31.2 Å². The van der Waals surface area contributed by atoms with Gasteiger partial charge >= 0.3 is 12.1 Å². The van der Waals surface area contributed by atoms with Crippen molar-refractivity contribution < 1.29 is 24.2 Å². The van der Waals surface area contributed by atoms with Crippen LogP contribution in [0.15, 0.2) is 61.1 Å². The van der Waals surface area contributed by atoms with Crippen molar-refractivity contribution in [2.75, 3.05) is 13.2 Å². The van der Waals surface area contributed by atoms with Crippen molar-refractivity contribution in [3.63, 3.8) is 0 Å². The molecule has 0 fully saturated rings. The summed E-state index contributed by atoms with van der Waals surface area (Å²) in [6.45, 7) is 2.74. The molecular weight excluding hydrogens is 448 g/mol. The zero-order valence-corrected chi connectivity index (χ0v) is 19.4. The largest absolute Gasteiger partial charge is 0.481 e. The maximum absolute atomic E-state index is 12.3. The number of imidazole rings is 1. The van der Waals surface area contributed by atoms with Crippen LogP contribution in [0.4, 0.5) is 4.79 Å². The van der Waals surface area contributed by atoms with Gasteiger partial charge in [-0.05, 0) is 28.7 Å². The average molecular weight is 477 g/mol. The van der Waals surface area contributed by atoms with Crippen LogP contribution >= 0.6 is 0 Å². The van der Waals surface area contributed by atoms with Crippen LogP contribution in [0.5, 0.6) is 0 Å². The van der Waals surface area contributed by atoms with E-state index >= 15 is 0 Å². The second-order valence-corrected chi connectivity index (χ2v) is 8.43. The van der Waals surface area contributed by atoms with E-state index in [1.165, 1.54) is 17.5 Å². The quantitative estimate of drug-likeness (QED) is 0.412. The predicted molar refractivity (Wildman–Crippen MR) is 129 cm³/mol. The molecule has 1 aromatic heterocycles. The Morgan fingerprint density at radius 2 is 1.74 bits per heavy atom. The Morgan fingerprint density at radius 3 is 2.37 bits per heavy atom. The van der Waals surface area contributed by atoms with E-state index in [2.05, 4.69) is 39.9 Å². The molecule has 1 aliphatic carbocycles. The van der Waals surface area contributed by atoms with Crippen molar-refractivity contribution in [1.82, 2.24) is 20.2 Å². The number of nitrogens with one attached hydrogen (secondary N) is 2. The van der Waals surface area contributed by atoms with Crippen LogP contribution in [0.25, 0.3) is 11.1 Å². The van der Waals surface area contributed by atoms with Gasteiger partial charge in [0.15, 0.2) is 0 Å². The summed E-state index contributed by atoms with van der Waals surface area (Å²) in [4.78, 5) is 39.6. The number of rotatable bonds is 10. The molecule has 182 valence electrons. The predicted octanol–water partition coefficient (Wildman–Crippen LogP) is 3.40. The first-order chi connectivity index (χ1) is 17.0. The minimum Gasteiger partial charge on any atom is -0.481 e. The molecule has 1 unspecified atom stereocenters. The molecule has 0 radical (unpaired) electrons. The zero-order valence-electron chi connectivity index (χ0n) is 19.4. The monoisotopic (exact) mass is 476 g/mol. The molecule has 0 spiro atoms. The Kier molecular flexibility index (Phi) is 7.45. The van der Waals surface area contributed by atoms with Gasteiger partial charge in [0.1, 0.15) is 12.3 Å². The van der Waals surface area contributed by atoms with Crippen LogP contribution in [0.3, 0.4) is 0 Å². The third kappa shape index (κ3) is 5.68. The van der Waals surface area contributed by atoms with Crippen molar-refractivity contribution in [3.8, 4) is 11.1 Å². The minimum atomic E-state index is -0.970. The maximum Gasteiger partial charge on any atom is 0.407 e. The van der Waals surface area contributed by atoms with E-state index in [4.69, 9.17) is 9.84 Å². The van der Waals surface area contributed by atoms with E-state index in [0.29, 0.717) is 19.5 Å². The molecule has 9 heteroatoms. The number of carboxylic acids is 1. The number of carbonyl (C=O) groups is 3. The van der Waals surface area contributed by atoms with Gasteiger partial charge in [0.05, 0.1) is 12.7 Å². The molecule has 9 nitrogen and oxygen atoms in total. The fourth-order valence-electron chi connectivity index (χ4n) is 4.30. The molecule has 1 aliphatic rings. The molecule has 0 saturated carbocycles. The summed E-state index contributed by atoms with van der Waals surface area (Å²) in [5, 5.41) is 14.3. The lowest BCUT2D eigenvalue weighted by Gasteiger charge is -2.14. The molecule has 3 aromatic rings. The smallest absolute Gasteiger partial charge is 0.407 e. The van der Waals surface area contributed by atoms with Gasteiger partial charge in [-0.25, -0.2) is 9.78 Å². The lowest BCUT2D eigenvalue weighted by atomic mass is 9.98. The number of hydrogen-bond donors (Lipinski definition) is 3. The van der Waals surface area contributed by atoms with Crippen LogP contribution in [-0.2, 0) is 16.1 Å². The Morgan fingerprint density at radius 1 is 1.09 bits per heavy atom. The highest BCUT2D eigenvalue weighted by molar-refractivity contribution is 5.92. The van der Waals surface area contributed by atoms with Gasteiger partial charge in [-0.3, -0.25) is 9.59 Å². The van der Waals surface area contributed by atoms with Crippen molar-refractivity contribution in [3.05, 3.63) is 77.9 Å². The van der Waals surface area contributed by atoms with E-state index in [9.17, 15) is 14.4 Å². The van der Waals surface area contributed by atoms with Crippen LogP contribution in [0.1, 0.15) is 47.3 Å². The molecular formula is C26H28N4O5. The highest BCUT2D eigenvalue weighted by Crippen LogP contribution is 2.44. The maximum atomic E-state index is 12.3. The number of nitrogens with zero attached hydrogens (tertiary/aromatic N) is 2. The van der Waals surface area contributed by atoms with Crippen LogP contribution in [0, 0.1) is 0 Å². The van der Waals surface area contributed by atoms with E-state index in [0.717, 1.165) is 11.1 Å². The standard InChI is InChI=1S/C26H28N4O5/c1-2-17(13-24(31)32)29-25(33)23-14-30(16-28-23)12-11-27-26(34)35-15-22-20-9-5-3-7-18(20)19-8-4-6-10-21(19)22/h3-10,14,16-17,22H,2,11-13,15H2,1H3,(H,27,34)(H,29,33)(H,31,32). The van der Waals surface area contributed by atoms with E-state index in [-0.39, 0.29) is 24.6 Å². The van der Waals surface area contributed by atoms with Gasteiger partial charge in [-0.1, -0.05) is 55.5 Å². The third-order valence-corrected chi connectivity index (χ3v) is 6.10. The summed E-state index contributed by atoms with van der Waals surface area (Å²) < 4.78 is 7.20. The van der Waals surface area contributed by atoms with Gasteiger partial charge in [0.2, 0.25) is 0 Å². The number of fused-ring (bicyclic) bond motifs is 3. The Balaban J connectivity index is 1.25. The molecule has 0 aliphatic heterocycles. The number of aromatic nitrogens is 2. The SMILES string of the molecule is CCC(CC(=O)O)NC(=O)c1cn(CCNC(=O)OCC2c3ccccc3-c3ccccc32)cn1. The van der Waals surface area contributed by atoms with Crippen LogP contribution in [-0.4, -0.2) is 51.8 Å². The number of ether oxygens (including phenoxy) is 1. The molecule has 3 N–H and O–H groups in total. The molecule has 1 heterocycles. The van der Waals surface area contributed by atoms with E-state index in [1.54, 1.807) is 10.8 Å². The number of alkyl carbamates (subject to hydrolysis) is 1. The first-order valence-corrected chi connectivity index (χ1v) is 11.6. The summed E-state index contributed by atoms with van der Waals surface area (Å²) in [6.07, 6.45) is 2.90. The van der Waals surface area contributed by atoms with Gasteiger partial charge in [0.25, 0.3) is 5.91 Å². The molecule has 2 amide bonds. The summed E-state index contributed by atoms with van der Waals surface area (Å²) in [5.74, 6) is -1.40. The number of aliphatic carboxylic acids is 1. The molecule has 0 bridgehead atoms. The molecule has 4 rings (SSSR count). The van der Waals surface area contributed by atoms with E-state index in [1.807, 2.05) is 31.2 Å². The Bertz CT molecular complexity index is 1180. The number of hydrogen-bond acceptors (Lipinski definition) is 5. The average Bonchev–Trinajstić information content (AvgIpc) is 3.45. The van der Waals surface area contributed by atoms with Crippen LogP contribution in [0.2, 0.25) is 0 Å². The number of carboxylic acid groups (broad SMARTS) is 1. The molecule has 1 atom stereocenters. The highest BCUT2D eigenvalue weighted by atomic mass is 16.5. The Hall–Kier alpha value is -4.14. The van der Waals surface area contributed by atoms with Crippen molar-refractivity contribution >= 4 is 18.0 Å². The Labute approximate surface area is 203 Å². The zero-order chi connectivity index (χ0) is 24.8. The van der Waals surface area contributed by atoms with Crippen molar-refractivity contribution in [2.24, 2.45) is 0 Å². The first kappa shape index (κ1) is 24.0. The van der Waals surface area contributed by atoms with Gasteiger partial charge < -0.3 is 25.0 Å². The number of carbonyl (C=O) groups excluding carboxylic acids is 2. The minimum absolute atomic E-state index is 0.00376. The van der Waals surface area contributed by atoms with Gasteiger partial charge in [-0.2, -0.15) is 0 Å². The second kappa shape index (κ2) is 10.9.